The minimum Gasteiger partial charge on any atom is -0.395 e. The maximum atomic E-state index is 9.83. The fraction of sp³-hybridized carbons (Fsp3) is 1.00. The van der Waals surface area contributed by atoms with Crippen molar-refractivity contribution in [3.63, 3.8) is 0 Å². The van der Waals surface area contributed by atoms with Crippen LogP contribution in [0.1, 0.15) is 12.8 Å². The predicted octanol–water partition coefficient (Wildman–Crippen LogP) is -2.31. The van der Waals surface area contributed by atoms with Crippen LogP contribution in [0, 0.1) is 0 Å². The van der Waals surface area contributed by atoms with Crippen LogP contribution in [0.5, 0.6) is 0 Å². The Labute approximate surface area is 106 Å². The van der Waals surface area contributed by atoms with Crippen LogP contribution in [0.25, 0.3) is 0 Å². The molecule has 2 saturated heterocycles. The third-order valence-electron chi connectivity index (χ3n) is 3.75. The average Bonchev–Trinajstić information content (AvgIpc) is 2.27. The van der Waals surface area contributed by atoms with E-state index in [1.54, 1.807) is 4.90 Å². The highest BCUT2D eigenvalue weighted by atomic mass is 35.5. The Morgan fingerprint density at radius 3 is 2.24 bits per heavy atom. The number of rotatable bonds is 1. The second-order valence-corrected chi connectivity index (χ2v) is 4.66. The van der Waals surface area contributed by atoms with Gasteiger partial charge in [-0.25, -0.2) is 0 Å². The smallest absolute Gasteiger partial charge is 0.109 e. The largest absolute Gasteiger partial charge is 0.395 e. The van der Waals surface area contributed by atoms with Crippen LogP contribution in [0.3, 0.4) is 0 Å². The van der Waals surface area contributed by atoms with Gasteiger partial charge in [0.2, 0.25) is 0 Å². The molecule has 0 radical (unpaired) electrons. The molecule has 0 aliphatic carbocycles. The van der Waals surface area contributed by atoms with E-state index in [0.717, 1.165) is 6.42 Å². The minimum atomic E-state index is -1.31. The molecule has 102 valence electrons. The van der Waals surface area contributed by atoms with Crippen LogP contribution < -0.4 is 0 Å². The summed E-state index contributed by atoms with van der Waals surface area (Å²) < 4.78 is 0. The minimum absolute atomic E-state index is 0. The van der Waals surface area contributed by atoms with E-state index in [1.165, 1.54) is 0 Å². The number of hydrogen-bond acceptors (Lipinski definition) is 6. The molecule has 0 aromatic heterocycles. The number of halogens is 1. The van der Waals surface area contributed by atoms with Crippen molar-refractivity contribution in [1.29, 1.82) is 0 Å². The number of nitrogens with zero attached hydrogens (tertiary/aromatic N) is 1. The predicted molar refractivity (Wildman–Crippen MR) is 61.9 cm³/mol. The molecule has 6 nitrogen and oxygen atoms in total. The monoisotopic (exact) mass is 269 g/mol. The molecule has 2 fully saturated rings. The van der Waals surface area contributed by atoms with Crippen molar-refractivity contribution in [1.82, 2.24) is 4.90 Å². The van der Waals surface area contributed by atoms with E-state index < -0.39 is 36.5 Å². The van der Waals surface area contributed by atoms with Gasteiger partial charge in [0, 0.05) is 0 Å². The van der Waals surface area contributed by atoms with Gasteiger partial charge in [-0.3, -0.25) is 4.90 Å². The van der Waals surface area contributed by atoms with Crippen LogP contribution in [0.15, 0.2) is 0 Å². The van der Waals surface area contributed by atoms with Crippen molar-refractivity contribution in [2.45, 2.75) is 49.3 Å². The summed E-state index contributed by atoms with van der Waals surface area (Å²) in [7, 11) is 0. The maximum absolute atomic E-state index is 9.83. The lowest BCUT2D eigenvalue weighted by molar-refractivity contribution is -0.199. The van der Waals surface area contributed by atoms with E-state index in [0.29, 0.717) is 13.0 Å². The lowest BCUT2D eigenvalue weighted by Gasteiger charge is -2.52. The normalized spacial score (nSPS) is 47.1. The molecule has 6 atom stereocenters. The van der Waals surface area contributed by atoms with Gasteiger partial charge in [0.1, 0.15) is 18.3 Å². The summed E-state index contributed by atoms with van der Waals surface area (Å²) >= 11 is 0. The molecule has 0 aromatic carbocycles. The third-order valence-corrected chi connectivity index (χ3v) is 3.75. The lowest BCUT2D eigenvalue weighted by Crippen LogP contribution is -2.71. The zero-order chi connectivity index (χ0) is 11.9. The Hall–Kier alpha value is 0.0500. The SMILES string of the molecule is Cl.OC[C@@H]1[C@@H](O)[C@H](O)[C@@H](O)[C@H]2[C@@H](O)CCCN21. The van der Waals surface area contributed by atoms with Gasteiger partial charge in [0.25, 0.3) is 0 Å². The Morgan fingerprint density at radius 2 is 1.65 bits per heavy atom. The van der Waals surface area contributed by atoms with Gasteiger partial charge in [-0.2, -0.15) is 0 Å². The van der Waals surface area contributed by atoms with Gasteiger partial charge in [0.15, 0.2) is 0 Å². The summed E-state index contributed by atoms with van der Waals surface area (Å²) in [6, 6.07) is -1.21. The molecule has 0 aromatic rings. The molecule has 2 aliphatic rings. The average molecular weight is 270 g/mol. The topological polar surface area (TPSA) is 104 Å². The van der Waals surface area contributed by atoms with Crippen LogP contribution in [-0.4, -0.2) is 80.1 Å². The standard InChI is InChI=1S/C10H19NO5.ClH/c12-4-5-8(14)10(16)9(15)7-6(13)2-1-3-11(5)7;/h5-10,12-16H,1-4H2;1H/t5-,6+,7-,8-,9+,10+;/m1./s1. The molecule has 0 spiro atoms. The van der Waals surface area contributed by atoms with E-state index in [2.05, 4.69) is 0 Å². The highest BCUT2D eigenvalue weighted by Crippen LogP contribution is 2.31. The van der Waals surface area contributed by atoms with E-state index in [1.807, 2.05) is 0 Å². The first-order valence-corrected chi connectivity index (χ1v) is 5.66. The fourth-order valence-electron chi connectivity index (χ4n) is 2.88. The lowest BCUT2D eigenvalue weighted by atomic mass is 9.82. The highest BCUT2D eigenvalue weighted by molar-refractivity contribution is 5.85. The van der Waals surface area contributed by atoms with Gasteiger partial charge in [-0.05, 0) is 19.4 Å². The number of aliphatic hydroxyl groups excluding tert-OH is 5. The summed E-state index contributed by atoms with van der Waals surface area (Å²) in [4.78, 5) is 1.70. The van der Waals surface area contributed by atoms with E-state index in [4.69, 9.17) is 0 Å². The molecule has 0 bridgehead atoms. The molecule has 0 amide bonds. The number of aliphatic hydroxyl groups is 5. The summed E-state index contributed by atoms with van der Waals surface area (Å²) in [5.74, 6) is 0. The first-order valence-electron chi connectivity index (χ1n) is 5.66. The Balaban J connectivity index is 0.00000144. The van der Waals surface area contributed by atoms with Crippen molar-refractivity contribution < 1.29 is 25.5 Å². The molecular weight excluding hydrogens is 250 g/mol. The third kappa shape index (κ3) is 2.44. The van der Waals surface area contributed by atoms with Crippen molar-refractivity contribution in [3.05, 3.63) is 0 Å². The summed E-state index contributed by atoms with van der Waals surface area (Å²) in [6.07, 6.45) is -3.07. The van der Waals surface area contributed by atoms with Crippen LogP contribution in [0.4, 0.5) is 0 Å². The molecule has 2 heterocycles. The molecule has 2 rings (SSSR count). The zero-order valence-electron chi connectivity index (χ0n) is 9.38. The highest BCUT2D eigenvalue weighted by Gasteiger charge is 2.50. The summed E-state index contributed by atoms with van der Waals surface area (Å²) in [5, 5.41) is 48.3. The van der Waals surface area contributed by atoms with Crippen LogP contribution in [-0.2, 0) is 0 Å². The van der Waals surface area contributed by atoms with E-state index >= 15 is 0 Å². The number of hydrogen-bond donors (Lipinski definition) is 5. The van der Waals surface area contributed by atoms with Gasteiger partial charge in [-0.15, -0.1) is 12.4 Å². The second-order valence-electron chi connectivity index (χ2n) is 4.66. The molecular formula is C10H20ClNO5. The zero-order valence-corrected chi connectivity index (χ0v) is 10.2. The second kappa shape index (κ2) is 5.79. The fourth-order valence-corrected chi connectivity index (χ4v) is 2.88. The van der Waals surface area contributed by atoms with Gasteiger partial charge >= 0.3 is 0 Å². The van der Waals surface area contributed by atoms with Crippen LogP contribution in [0.2, 0.25) is 0 Å². The quantitative estimate of drug-likeness (QED) is 0.366. The molecule has 0 saturated carbocycles. The molecule has 17 heavy (non-hydrogen) atoms. The summed E-state index contributed by atoms with van der Waals surface area (Å²) in [6.45, 7) is 0.308. The van der Waals surface area contributed by atoms with Crippen molar-refractivity contribution >= 4 is 12.4 Å². The van der Waals surface area contributed by atoms with Gasteiger partial charge in [-0.1, -0.05) is 0 Å². The maximum Gasteiger partial charge on any atom is 0.109 e. The van der Waals surface area contributed by atoms with Gasteiger partial charge < -0.3 is 25.5 Å². The van der Waals surface area contributed by atoms with E-state index in [-0.39, 0.29) is 19.0 Å². The number of fused-ring (bicyclic) bond motifs is 1. The number of piperidine rings is 2. The summed E-state index contributed by atoms with van der Waals surface area (Å²) in [5.41, 5.74) is 0. The first kappa shape index (κ1) is 15.1. The Bertz CT molecular complexity index is 257. The van der Waals surface area contributed by atoms with Crippen molar-refractivity contribution in [2.24, 2.45) is 0 Å². The van der Waals surface area contributed by atoms with E-state index in [9.17, 15) is 25.5 Å². The molecule has 2 aliphatic heterocycles. The molecule has 0 unspecified atom stereocenters. The van der Waals surface area contributed by atoms with Crippen LogP contribution >= 0.6 is 12.4 Å². The van der Waals surface area contributed by atoms with Gasteiger partial charge in [0.05, 0.1) is 24.8 Å². The first-order chi connectivity index (χ1) is 7.57. The Morgan fingerprint density at radius 1 is 1.00 bits per heavy atom. The van der Waals surface area contributed by atoms with Crippen molar-refractivity contribution in [2.75, 3.05) is 13.2 Å². The Kier molecular flexibility index (Phi) is 5.15. The molecule has 5 N–H and O–H groups in total. The molecule has 7 heteroatoms. The van der Waals surface area contributed by atoms with Crippen molar-refractivity contribution in [3.8, 4) is 0 Å².